The van der Waals surface area contributed by atoms with Crippen LogP contribution >= 0.6 is 0 Å². The molecule has 0 aliphatic carbocycles. The summed E-state index contributed by atoms with van der Waals surface area (Å²) >= 11 is 0. The number of anilines is 2. The van der Waals surface area contributed by atoms with E-state index < -0.39 is 18.0 Å². The number of rotatable bonds is 2. The molecule has 1 saturated heterocycles. The van der Waals surface area contributed by atoms with Crippen molar-refractivity contribution < 1.29 is 18.3 Å². The Hall–Kier alpha value is -1.57. The molecule has 19 heavy (non-hydrogen) atoms. The van der Waals surface area contributed by atoms with Crippen molar-refractivity contribution in [3.05, 3.63) is 11.8 Å². The summed E-state index contributed by atoms with van der Waals surface area (Å²) in [5.41, 5.74) is -0.984. The number of hydrogen-bond donors (Lipinski definition) is 2. The van der Waals surface area contributed by atoms with E-state index >= 15 is 0 Å². The molecule has 0 amide bonds. The van der Waals surface area contributed by atoms with Gasteiger partial charge in [-0.1, -0.05) is 0 Å². The highest BCUT2D eigenvalue weighted by molar-refractivity contribution is 5.45. The fourth-order valence-electron chi connectivity index (χ4n) is 2.02. The van der Waals surface area contributed by atoms with E-state index in [1.165, 1.54) is 7.05 Å². The average Bonchev–Trinajstić information content (AvgIpc) is 2.37. The van der Waals surface area contributed by atoms with Crippen molar-refractivity contribution in [2.75, 3.05) is 30.4 Å². The maximum Gasteiger partial charge on any atom is 0.433 e. The Morgan fingerprint density at radius 3 is 2.74 bits per heavy atom. The Labute approximate surface area is 108 Å². The maximum atomic E-state index is 12.7. The SMILES string of the molecule is CNc1nc(N2CCCC(O)C2)cc(C(F)(F)F)n1. The monoisotopic (exact) mass is 276 g/mol. The molecule has 0 bridgehead atoms. The minimum atomic E-state index is -4.52. The summed E-state index contributed by atoms with van der Waals surface area (Å²) < 4.78 is 38.2. The van der Waals surface area contributed by atoms with Crippen LogP contribution in [0.3, 0.4) is 0 Å². The molecule has 0 radical (unpaired) electrons. The first-order chi connectivity index (χ1) is 8.90. The number of halogens is 3. The molecule has 1 aliphatic heterocycles. The predicted octanol–water partition coefficient (Wildman–Crippen LogP) is 1.50. The summed E-state index contributed by atoms with van der Waals surface area (Å²) in [4.78, 5) is 9.06. The van der Waals surface area contributed by atoms with Crippen molar-refractivity contribution in [3.8, 4) is 0 Å². The highest BCUT2D eigenvalue weighted by Gasteiger charge is 2.34. The molecule has 2 N–H and O–H groups in total. The highest BCUT2D eigenvalue weighted by Crippen LogP contribution is 2.31. The second kappa shape index (κ2) is 5.20. The number of piperidine rings is 1. The van der Waals surface area contributed by atoms with E-state index in [1.54, 1.807) is 4.90 Å². The number of aliphatic hydroxyl groups is 1. The Morgan fingerprint density at radius 1 is 1.42 bits per heavy atom. The molecule has 0 saturated carbocycles. The van der Waals surface area contributed by atoms with Crippen LogP contribution in [0.4, 0.5) is 24.9 Å². The van der Waals surface area contributed by atoms with E-state index in [0.717, 1.165) is 12.5 Å². The van der Waals surface area contributed by atoms with Gasteiger partial charge in [-0.25, -0.2) is 4.98 Å². The Balaban J connectivity index is 2.34. The van der Waals surface area contributed by atoms with Crippen molar-refractivity contribution in [3.63, 3.8) is 0 Å². The van der Waals surface area contributed by atoms with Gasteiger partial charge in [0, 0.05) is 26.2 Å². The fourth-order valence-corrected chi connectivity index (χ4v) is 2.02. The van der Waals surface area contributed by atoms with Crippen LogP contribution in [0.2, 0.25) is 0 Å². The molecule has 2 rings (SSSR count). The van der Waals surface area contributed by atoms with Gasteiger partial charge < -0.3 is 15.3 Å². The number of nitrogens with zero attached hydrogens (tertiary/aromatic N) is 3. The van der Waals surface area contributed by atoms with E-state index in [-0.39, 0.29) is 18.3 Å². The molecule has 106 valence electrons. The number of nitrogens with one attached hydrogen (secondary N) is 1. The topological polar surface area (TPSA) is 61.3 Å². The number of aliphatic hydroxyl groups excluding tert-OH is 1. The van der Waals surface area contributed by atoms with E-state index in [9.17, 15) is 18.3 Å². The molecule has 8 heteroatoms. The molecule has 1 unspecified atom stereocenters. The van der Waals surface area contributed by atoms with E-state index in [4.69, 9.17) is 0 Å². The van der Waals surface area contributed by atoms with Gasteiger partial charge in [-0.3, -0.25) is 0 Å². The summed E-state index contributed by atoms with van der Waals surface area (Å²) in [6, 6.07) is 0.916. The zero-order valence-corrected chi connectivity index (χ0v) is 10.4. The first-order valence-corrected chi connectivity index (χ1v) is 5.97. The largest absolute Gasteiger partial charge is 0.433 e. The summed E-state index contributed by atoms with van der Waals surface area (Å²) in [5.74, 6) is 0.107. The van der Waals surface area contributed by atoms with Crippen LogP contribution in [0.5, 0.6) is 0 Å². The number of alkyl halides is 3. The van der Waals surface area contributed by atoms with Gasteiger partial charge in [0.1, 0.15) is 5.82 Å². The van der Waals surface area contributed by atoms with Crippen molar-refractivity contribution in [2.45, 2.75) is 25.1 Å². The average molecular weight is 276 g/mol. The number of hydrogen-bond acceptors (Lipinski definition) is 5. The lowest BCUT2D eigenvalue weighted by Gasteiger charge is -2.31. The smallest absolute Gasteiger partial charge is 0.391 e. The molecule has 1 aliphatic rings. The van der Waals surface area contributed by atoms with Gasteiger partial charge in [-0.05, 0) is 12.8 Å². The summed E-state index contributed by atoms with van der Waals surface area (Å²) in [5, 5.41) is 12.1. The molecule has 1 aromatic heterocycles. The summed E-state index contributed by atoms with van der Waals surface area (Å²) in [6.07, 6.45) is -3.66. The first-order valence-electron chi connectivity index (χ1n) is 5.97. The van der Waals surface area contributed by atoms with Crippen LogP contribution in [0.1, 0.15) is 18.5 Å². The Bertz CT molecular complexity index is 452. The van der Waals surface area contributed by atoms with Gasteiger partial charge in [0.15, 0.2) is 5.69 Å². The Kier molecular flexibility index (Phi) is 3.79. The third kappa shape index (κ3) is 3.25. The minimum absolute atomic E-state index is 0.0788. The summed E-state index contributed by atoms with van der Waals surface area (Å²) in [7, 11) is 1.46. The molecule has 1 fully saturated rings. The highest BCUT2D eigenvalue weighted by atomic mass is 19.4. The van der Waals surface area contributed by atoms with Gasteiger partial charge in [-0.2, -0.15) is 18.2 Å². The lowest BCUT2D eigenvalue weighted by Crippen LogP contribution is -2.39. The van der Waals surface area contributed by atoms with Gasteiger partial charge in [0.05, 0.1) is 6.10 Å². The van der Waals surface area contributed by atoms with Gasteiger partial charge in [0.25, 0.3) is 0 Å². The quantitative estimate of drug-likeness (QED) is 0.857. The second-order valence-corrected chi connectivity index (χ2v) is 4.42. The van der Waals surface area contributed by atoms with Gasteiger partial charge in [-0.15, -0.1) is 0 Å². The van der Waals surface area contributed by atoms with E-state index in [1.807, 2.05) is 0 Å². The van der Waals surface area contributed by atoms with Crippen LogP contribution < -0.4 is 10.2 Å². The van der Waals surface area contributed by atoms with Crippen molar-refractivity contribution in [1.29, 1.82) is 0 Å². The molecular weight excluding hydrogens is 261 g/mol. The predicted molar refractivity (Wildman–Crippen MR) is 64.0 cm³/mol. The summed E-state index contributed by atoms with van der Waals surface area (Å²) in [6.45, 7) is 0.867. The molecule has 1 aromatic rings. The molecule has 2 heterocycles. The molecular formula is C11H15F3N4O. The van der Waals surface area contributed by atoms with Crippen molar-refractivity contribution in [2.24, 2.45) is 0 Å². The van der Waals surface area contributed by atoms with Crippen LogP contribution in [0, 0.1) is 0 Å². The minimum Gasteiger partial charge on any atom is -0.391 e. The lowest BCUT2D eigenvalue weighted by atomic mass is 10.1. The van der Waals surface area contributed by atoms with E-state index in [2.05, 4.69) is 15.3 Å². The first kappa shape index (κ1) is 13.9. The fraction of sp³-hybridized carbons (Fsp3) is 0.636. The number of β-amino-alcohol motifs (C(OH)–C–C–N with tert-alkyl or cyclic N) is 1. The third-order valence-electron chi connectivity index (χ3n) is 2.95. The normalized spacial score (nSPS) is 20.5. The maximum absolute atomic E-state index is 12.7. The Morgan fingerprint density at radius 2 is 2.16 bits per heavy atom. The third-order valence-corrected chi connectivity index (χ3v) is 2.95. The van der Waals surface area contributed by atoms with Gasteiger partial charge >= 0.3 is 6.18 Å². The number of aromatic nitrogens is 2. The molecule has 1 atom stereocenters. The van der Waals surface area contributed by atoms with Crippen LogP contribution in [0.15, 0.2) is 6.07 Å². The van der Waals surface area contributed by atoms with Crippen LogP contribution in [-0.4, -0.2) is 41.3 Å². The second-order valence-electron chi connectivity index (χ2n) is 4.42. The molecule has 0 aromatic carbocycles. The molecule has 5 nitrogen and oxygen atoms in total. The van der Waals surface area contributed by atoms with Crippen LogP contribution in [-0.2, 0) is 6.18 Å². The standard InChI is InChI=1S/C11H15F3N4O/c1-15-10-16-8(11(12,13)14)5-9(17-10)18-4-2-3-7(19)6-18/h5,7,19H,2-4,6H2,1H3,(H,15,16,17). The zero-order valence-electron chi connectivity index (χ0n) is 10.4. The van der Waals surface area contributed by atoms with Crippen LogP contribution in [0.25, 0.3) is 0 Å². The lowest BCUT2D eigenvalue weighted by molar-refractivity contribution is -0.141. The molecule has 0 spiro atoms. The van der Waals surface area contributed by atoms with Crippen molar-refractivity contribution >= 4 is 11.8 Å². The van der Waals surface area contributed by atoms with Gasteiger partial charge in [0.2, 0.25) is 5.95 Å². The zero-order chi connectivity index (χ0) is 14.0. The van der Waals surface area contributed by atoms with Crippen molar-refractivity contribution in [1.82, 2.24) is 9.97 Å². The van der Waals surface area contributed by atoms with E-state index in [0.29, 0.717) is 13.0 Å².